The lowest BCUT2D eigenvalue weighted by atomic mass is 9.98. The smallest absolute Gasteiger partial charge is 0.248 e. The molecule has 1 saturated heterocycles. The third-order valence-electron chi connectivity index (χ3n) is 6.69. The summed E-state index contributed by atoms with van der Waals surface area (Å²) in [5.41, 5.74) is 13.3. The van der Waals surface area contributed by atoms with E-state index in [1.807, 2.05) is 53.4 Å². The van der Waals surface area contributed by atoms with E-state index < -0.39 is 5.91 Å². The van der Waals surface area contributed by atoms with Crippen molar-refractivity contribution in [2.24, 2.45) is 5.73 Å². The summed E-state index contributed by atoms with van der Waals surface area (Å²) in [6, 6.07) is 20.3. The number of aromatic nitrogens is 4. The molecule has 1 aliphatic rings. The standard InChI is InChI=1S/C28H26N6O/c29-28(35)21-9-10-24(26(17-21)32-12-2-1-3-13-32)20-6-4-8-23(16-20)33-14-15-34-27(33)18-25(31-34)22-7-5-11-30-19-22/h4-11,14-19H,1-3,12-13H2,(H2,29,35). The lowest BCUT2D eigenvalue weighted by Crippen LogP contribution is -2.30. The Balaban J connectivity index is 1.42. The van der Waals surface area contributed by atoms with Crippen molar-refractivity contribution in [1.29, 1.82) is 0 Å². The predicted octanol–water partition coefficient (Wildman–Crippen LogP) is 4.94. The highest BCUT2D eigenvalue weighted by atomic mass is 16.1. The molecule has 0 bridgehead atoms. The third-order valence-corrected chi connectivity index (χ3v) is 6.69. The van der Waals surface area contributed by atoms with Crippen LogP contribution in [0.4, 0.5) is 5.69 Å². The van der Waals surface area contributed by atoms with Gasteiger partial charge in [0.05, 0.1) is 5.69 Å². The Morgan fingerprint density at radius 2 is 1.74 bits per heavy atom. The van der Waals surface area contributed by atoms with E-state index in [0.29, 0.717) is 5.56 Å². The van der Waals surface area contributed by atoms with Crippen LogP contribution in [0.3, 0.4) is 0 Å². The van der Waals surface area contributed by atoms with Crippen LogP contribution in [0.1, 0.15) is 29.6 Å². The molecule has 35 heavy (non-hydrogen) atoms. The highest BCUT2D eigenvalue weighted by Gasteiger charge is 2.18. The van der Waals surface area contributed by atoms with Crippen molar-refractivity contribution >= 4 is 17.2 Å². The number of hydrogen-bond acceptors (Lipinski definition) is 4. The number of rotatable bonds is 5. The molecular weight excluding hydrogens is 436 g/mol. The van der Waals surface area contributed by atoms with E-state index in [-0.39, 0.29) is 0 Å². The first-order valence-corrected chi connectivity index (χ1v) is 11.9. The van der Waals surface area contributed by atoms with Gasteiger partial charge in [0.2, 0.25) is 5.91 Å². The first-order chi connectivity index (χ1) is 17.2. The average Bonchev–Trinajstić information content (AvgIpc) is 3.51. The largest absolute Gasteiger partial charge is 0.371 e. The van der Waals surface area contributed by atoms with Crippen molar-refractivity contribution in [2.75, 3.05) is 18.0 Å². The van der Waals surface area contributed by atoms with Crippen LogP contribution >= 0.6 is 0 Å². The number of benzene rings is 2. The van der Waals surface area contributed by atoms with Gasteiger partial charge in [-0.15, -0.1) is 0 Å². The fraction of sp³-hybridized carbons (Fsp3) is 0.179. The Bertz CT molecular complexity index is 1510. The van der Waals surface area contributed by atoms with Crippen LogP contribution in [-0.4, -0.2) is 38.2 Å². The second-order valence-corrected chi connectivity index (χ2v) is 8.94. The van der Waals surface area contributed by atoms with Crippen molar-refractivity contribution in [3.05, 3.63) is 91.0 Å². The average molecular weight is 463 g/mol. The minimum absolute atomic E-state index is 0.400. The summed E-state index contributed by atoms with van der Waals surface area (Å²) in [6.07, 6.45) is 11.1. The Morgan fingerprint density at radius 1 is 0.886 bits per heavy atom. The van der Waals surface area contributed by atoms with Gasteiger partial charge < -0.3 is 15.2 Å². The molecule has 2 aromatic carbocycles. The van der Waals surface area contributed by atoms with Gasteiger partial charge in [0.25, 0.3) is 0 Å². The van der Waals surface area contributed by atoms with Gasteiger partial charge in [-0.25, -0.2) is 4.52 Å². The first kappa shape index (κ1) is 21.2. The summed E-state index contributed by atoms with van der Waals surface area (Å²) < 4.78 is 4.02. The van der Waals surface area contributed by atoms with Crippen molar-refractivity contribution in [3.8, 4) is 28.1 Å². The molecule has 0 aliphatic carbocycles. The van der Waals surface area contributed by atoms with E-state index in [4.69, 9.17) is 10.8 Å². The fourth-order valence-corrected chi connectivity index (χ4v) is 4.90. The number of pyridine rings is 1. The molecular formula is C28H26N6O. The van der Waals surface area contributed by atoms with E-state index in [0.717, 1.165) is 65.3 Å². The van der Waals surface area contributed by atoms with Gasteiger partial charge in [-0.3, -0.25) is 9.78 Å². The zero-order chi connectivity index (χ0) is 23.8. The van der Waals surface area contributed by atoms with Crippen LogP contribution in [0.5, 0.6) is 0 Å². The monoisotopic (exact) mass is 462 g/mol. The molecule has 174 valence electrons. The van der Waals surface area contributed by atoms with Crippen LogP contribution in [0.2, 0.25) is 0 Å². The number of amides is 1. The summed E-state index contributed by atoms with van der Waals surface area (Å²) in [6.45, 7) is 1.97. The number of hydrogen-bond donors (Lipinski definition) is 1. The normalized spacial score (nSPS) is 13.9. The van der Waals surface area contributed by atoms with Crippen molar-refractivity contribution in [2.45, 2.75) is 19.3 Å². The summed E-state index contributed by atoms with van der Waals surface area (Å²) >= 11 is 0. The molecule has 7 nitrogen and oxygen atoms in total. The third kappa shape index (κ3) is 3.95. The molecule has 6 rings (SSSR count). The van der Waals surface area contributed by atoms with Gasteiger partial charge in [-0.1, -0.05) is 18.2 Å². The van der Waals surface area contributed by atoms with Gasteiger partial charge in [0.1, 0.15) is 5.65 Å². The van der Waals surface area contributed by atoms with Gasteiger partial charge in [-0.2, -0.15) is 5.10 Å². The van der Waals surface area contributed by atoms with Crippen LogP contribution in [0, 0.1) is 0 Å². The van der Waals surface area contributed by atoms with Gasteiger partial charge in [0.15, 0.2) is 0 Å². The minimum Gasteiger partial charge on any atom is -0.371 e. The predicted molar refractivity (Wildman–Crippen MR) is 138 cm³/mol. The molecule has 1 aliphatic heterocycles. The van der Waals surface area contributed by atoms with Gasteiger partial charge in [0, 0.05) is 72.0 Å². The molecule has 4 heterocycles. The lowest BCUT2D eigenvalue weighted by molar-refractivity contribution is 0.100. The number of carbonyl (C=O) groups excluding carboxylic acids is 1. The van der Waals surface area contributed by atoms with Crippen LogP contribution in [-0.2, 0) is 0 Å². The van der Waals surface area contributed by atoms with E-state index >= 15 is 0 Å². The Morgan fingerprint density at radius 3 is 2.54 bits per heavy atom. The molecule has 7 heteroatoms. The van der Waals surface area contributed by atoms with E-state index in [1.165, 1.54) is 6.42 Å². The van der Waals surface area contributed by atoms with Crippen LogP contribution in [0.15, 0.2) is 85.5 Å². The lowest BCUT2D eigenvalue weighted by Gasteiger charge is -2.31. The number of anilines is 1. The molecule has 0 spiro atoms. The van der Waals surface area contributed by atoms with Gasteiger partial charge in [-0.05, 0) is 61.2 Å². The summed E-state index contributed by atoms with van der Waals surface area (Å²) in [7, 11) is 0. The van der Waals surface area contributed by atoms with E-state index in [1.54, 1.807) is 6.20 Å². The molecule has 1 amide bonds. The molecule has 5 aromatic rings. The van der Waals surface area contributed by atoms with E-state index in [9.17, 15) is 4.79 Å². The number of imidazole rings is 1. The second kappa shape index (κ2) is 8.76. The Labute approximate surface area is 203 Å². The summed E-state index contributed by atoms with van der Waals surface area (Å²) in [5, 5.41) is 4.72. The molecule has 0 atom stereocenters. The number of primary amides is 1. The number of piperidine rings is 1. The van der Waals surface area contributed by atoms with Gasteiger partial charge >= 0.3 is 0 Å². The molecule has 1 fully saturated rings. The number of nitrogens with two attached hydrogens (primary N) is 1. The maximum absolute atomic E-state index is 11.9. The van der Waals surface area contributed by atoms with Crippen LogP contribution in [0.25, 0.3) is 33.7 Å². The Hall–Kier alpha value is -4.39. The maximum Gasteiger partial charge on any atom is 0.248 e. The van der Waals surface area contributed by atoms with Crippen molar-refractivity contribution < 1.29 is 4.79 Å². The first-order valence-electron chi connectivity index (χ1n) is 11.9. The fourth-order valence-electron chi connectivity index (χ4n) is 4.90. The van der Waals surface area contributed by atoms with Crippen molar-refractivity contribution in [1.82, 2.24) is 19.2 Å². The quantitative estimate of drug-likeness (QED) is 0.401. The number of nitrogens with zero attached hydrogens (tertiary/aromatic N) is 5. The molecule has 0 radical (unpaired) electrons. The minimum atomic E-state index is -0.400. The molecule has 0 saturated carbocycles. The van der Waals surface area contributed by atoms with Crippen LogP contribution < -0.4 is 10.6 Å². The summed E-state index contributed by atoms with van der Waals surface area (Å²) in [4.78, 5) is 18.5. The zero-order valence-corrected chi connectivity index (χ0v) is 19.3. The highest BCUT2D eigenvalue weighted by Crippen LogP contribution is 2.35. The van der Waals surface area contributed by atoms with E-state index in [2.05, 4.69) is 44.8 Å². The number of fused-ring (bicyclic) bond motifs is 1. The number of carbonyl (C=O) groups is 1. The second-order valence-electron chi connectivity index (χ2n) is 8.94. The SMILES string of the molecule is NC(=O)c1ccc(-c2cccc(-n3ccn4nc(-c5cccnc5)cc34)c2)c(N2CCCCC2)c1. The topological polar surface area (TPSA) is 81.5 Å². The maximum atomic E-state index is 11.9. The molecule has 0 unspecified atom stereocenters. The molecule has 2 N–H and O–H groups in total. The zero-order valence-electron chi connectivity index (χ0n) is 19.3. The van der Waals surface area contributed by atoms with Crippen molar-refractivity contribution in [3.63, 3.8) is 0 Å². The molecule has 3 aromatic heterocycles. The highest BCUT2D eigenvalue weighted by molar-refractivity contribution is 5.96. The summed E-state index contributed by atoms with van der Waals surface area (Å²) in [5.74, 6) is -0.400. The Kier molecular flexibility index (Phi) is 5.29.